The monoisotopic (exact) mass is 336 g/mol. The van der Waals surface area contributed by atoms with Gasteiger partial charge in [0.25, 0.3) is 0 Å². The number of halogens is 1. The van der Waals surface area contributed by atoms with Gasteiger partial charge in [-0.1, -0.05) is 28.1 Å². The van der Waals surface area contributed by atoms with Crippen LogP contribution in [0.2, 0.25) is 0 Å². The molecule has 1 N–H and O–H groups in total. The highest BCUT2D eigenvalue weighted by molar-refractivity contribution is 9.10. The van der Waals surface area contributed by atoms with Gasteiger partial charge in [0.1, 0.15) is 0 Å². The highest BCUT2D eigenvalue weighted by Gasteiger charge is 2.10. The van der Waals surface area contributed by atoms with Gasteiger partial charge in [-0.3, -0.25) is 4.98 Å². The number of benzene rings is 1. The molecule has 0 aliphatic carbocycles. The molecule has 1 heterocycles. The summed E-state index contributed by atoms with van der Waals surface area (Å²) in [5.41, 5.74) is 2.44. The summed E-state index contributed by atoms with van der Waals surface area (Å²) in [5.74, 6) is 0.984. The van der Waals surface area contributed by atoms with Crippen molar-refractivity contribution >= 4 is 27.7 Å². The van der Waals surface area contributed by atoms with Crippen molar-refractivity contribution in [3.8, 4) is 0 Å². The lowest BCUT2D eigenvalue weighted by Gasteiger charge is -2.16. The van der Waals surface area contributed by atoms with Crippen LogP contribution >= 0.6 is 27.7 Å². The third-order valence-corrected chi connectivity index (χ3v) is 4.44. The number of hydrogen-bond acceptors (Lipinski definition) is 3. The molecule has 0 amide bonds. The largest absolute Gasteiger partial charge is 0.312 e. The van der Waals surface area contributed by atoms with E-state index >= 15 is 0 Å². The molecular formula is C15H17BrN2S. The van der Waals surface area contributed by atoms with Crippen molar-refractivity contribution in [3.05, 3.63) is 58.3 Å². The van der Waals surface area contributed by atoms with E-state index in [0.717, 1.165) is 10.2 Å². The minimum atomic E-state index is 0.316. The molecule has 0 bridgehead atoms. The summed E-state index contributed by atoms with van der Waals surface area (Å²) >= 11 is 5.35. The smallest absolute Gasteiger partial charge is 0.0428 e. The Kier molecular flexibility index (Phi) is 5.43. The van der Waals surface area contributed by atoms with Gasteiger partial charge in [-0.2, -0.15) is 0 Å². The number of nitrogens with zero attached hydrogens (tertiary/aromatic N) is 1. The molecule has 0 saturated heterocycles. The van der Waals surface area contributed by atoms with Gasteiger partial charge in [-0.05, 0) is 43.3 Å². The lowest BCUT2D eigenvalue weighted by molar-refractivity contribution is 0.658. The number of hydrogen-bond donors (Lipinski definition) is 1. The molecule has 2 aromatic rings. The van der Waals surface area contributed by atoms with Crippen LogP contribution in [0.3, 0.4) is 0 Å². The van der Waals surface area contributed by atoms with E-state index in [2.05, 4.69) is 57.4 Å². The Labute approximate surface area is 127 Å². The van der Waals surface area contributed by atoms with Gasteiger partial charge in [-0.25, -0.2) is 0 Å². The third-order valence-electron chi connectivity index (χ3n) is 2.86. The number of aromatic nitrogens is 1. The van der Waals surface area contributed by atoms with Crippen LogP contribution in [0.25, 0.3) is 0 Å². The highest BCUT2D eigenvalue weighted by Crippen LogP contribution is 2.26. The van der Waals surface area contributed by atoms with Crippen LogP contribution in [-0.4, -0.2) is 17.8 Å². The predicted octanol–water partition coefficient (Wildman–Crippen LogP) is 4.21. The molecular weight excluding hydrogens is 320 g/mol. The zero-order valence-corrected chi connectivity index (χ0v) is 13.5. The lowest BCUT2D eigenvalue weighted by Crippen LogP contribution is -2.19. The molecule has 0 saturated carbocycles. The van der Waals surface area contributed by atoms with E-state index in [1.165, 1.54) is 16.0 Å². The van der Waals surface area contributed by atoms with Gasteiger partial charge in [-0.15, -0.1) is 11.8 Å². The molecule has 1 unspecified atom stereocenters. The molecule has 100 valence electrons. The van der Waals surface area contributed by atoms with Gasteiger partial charge in [0.15, 0.2) is 0 Å². The minimum absolute atomic E-state index is 0.316. The zero-order chi connectivity index (χ0) is 13.7. The van der Waals surface area contributed by atoms with Crippen LogP contribution in [0, 0.1) is 6.92 Å². The Hall–Kier alpha value is -0.840. The first-order valence-electron chi connectivity index (χ1n) is 6.16. The van der Waals surface area contributed by atoms with Crippen molar-refractivity contribution in [1.82, 2.24) is 10.3 Å². The topological polar surface area (TPSA) is 24.9 Å². The molecule has 0 spiro atoms. The van der Waals surface area contributed by atoms with E-state index in [0.29, 0.717) is 6.04 Å². The highest BCUT2D eigenvalue weighted by atomic mass is 79.9. The molecule has 1 atom stereocenters. The maximum atomic E-state index is 4.27. The maximum absolute atomic E-state index is 4.27. The van der Waals surface area contributed by atoms with Gasteiger partial charge in [0.05, 0.1) is 0 Å². The SMILES string of the molecule is CNC(CSc1cccc(Br)c1)c1cncc(C)c1. The van der Waals surface area contributed by atoms with Crippen LogP contribution in [0.15, 0.2) is 52.1 Å². The Morgan fingerprint density at radius 2 is 2.16 bits per heavy atom. The van der Waals surface area contributed by atoms with E-state index in [1.54, 1.807) is 0 Å². The average Bonchev–Trinajstić information content (AvgIpc) is 2.40. The van der Waals surface area contributed by atoms with Crippen LogP contribution in [0.5, 0.6) is 0 Å². The quantitative estimate of drug-likeness (QED) is 0.828. The standard InChI is InChI=1S/C15H17BrN2S/c1-11-6-12(9-18-8-11)15(17-2)10-19-14-5-3-4-13(16)7-14/h3-9,15,17H,10H2,1-2H3. The summed E-state index contributed by atoms with van der Waals surface area (Å²) in [6.45, 7) is 2.07. The van der Waals surface area contributed by atoms with Crippen molar-refractivity contribution in [1.29, 1.82) is 0 Å². The van der Waals surface area contributed by atoms with E-state index < -0.39 is 0 Å². The van der Waals surface area contributed by atoms with Gasteiger partial charge in [0, 0.05) is 33.6 Å². The van der Waals surface area contributed by atoms with Crippen molar-refractivity contribution in [2.45, 2.75) is 17.9 Å². The number of nitrogens with one attached hydrogen (secondary N) is 1. The molecule has 4 heteroatoms. The molecule has 1 aromatic heterocycles. The Morgan fingerprint density at radius 1 is 1.32 bits per heavy atom. The molecule has 0 aliphatic rings. The average molecular weight is 337 g/mol. The van der Waals surface area contributed by atoms with Gasteiger partial charge in [0.2, 0.25) is 0 Å². The summed E-state index contributed by atoms with van der Waals surface area (Å²) in [4.78, 5) is 5.54. The summed E-state index contributed by atoms with van der Waals surface area (Å²) in [6.07, 6.45) is 3.83. The number of thioether (sulfide) groups is 1. The second-order valence-corrected chi connectivity index (χ2v) is 6.41. The molecule has 2 rings (SSSR count). The number of aryl methyl sites for hydroxylation is 1. The molecule has 0 fully saturated rings. The second kappa shape index (κ2) is 7.08. The Balaban J connectivity index is 2.04. The van der Waals surface area contributed by atoms with Crippen LogP contribution in [-0.2, 0) is 0 Å². The molecule has 0 radical (unpaired) electrons. The summed E-state index contributed by atoms with van der Waals surface area (Å²) in [5, 5.41) is 3.36. The van der Waals surface area contributed by atoms with Gasteiger partial charge < -0.3 is 5.32 Å². The normalized spacial score (nSPS) is 12.4. The zero-order valence-electron chi connectivity index (χ0n) is 11.1. The van der Waals surface area contributed by atoms with E-state index in [1.807, 2.05) is 37.3 Å². The fourth-order valence-electron chi connectivity index (χ4n) is 1.85. The summed E-state index contributed by atoms with van der Waals surface area (Å²) in [7, 11) is 1.99. The summed E-state index contributed by atoms with van der Waals surface area (Å²) < 4.78 is 1.12. The molecule has 0 aliphatic heterocycles. The third kappa shape index (κ3) is 4.34. The molecule has 19 heavy (non-hydrogen) atoms. The first-order chi connectivity index (χ1) is 9.19. The van der Waals surface area contributed by atoms with Crippen molar-refractivity contribution in [2.75, 3.05) is 12.8 Å². The first kappa shape index (κ1) is 14.6. The van der Waals surface area contributed by atoms with E-state index in [4.69, 9.17) is 0 Å². The predicted molar refractivity (Wildman–Crippen MR) is 85.6 cm³/mol. The van der Waals surface area contributed by atoms with E-state index in [9.17, 15) is 0 Å². The number of pyridine rings is 1. The summed E-state index contributed by atoms with van der Waals surface area (Å²) in [6, 6.07) is 10.9. The number of rotatable bonds is 5. The maximum Gasteiger partial charge on any atom is 0.0428 e. The second-order valence-electron chi connectivity index (χ2n) is 4.41. The molecule has 1 aromatic carbocycles. The van der Waals surface area contributed by atoms with Crippen LogP contribution in [0.4, 0.5) is 0 Å². The van der Waals surface area contributed by atoms with Gasteiger partial charge >= 0.3 is 0 Å². The van der Waals surface area contributed by atoms with E-state index in [-0.39, 0.29) is 0 Å². The van der Waals surface area contributed by atoms with Crippen LogP contribution < -0.4 is 5.32 Å². The van der Waals surface area contributed by atoms with Crippen molar-refractivity contribution in [2.24, 2.45) is 0 Å². The first-order valence-corrected chi connectivity index (χ1v) is 7.94. The lowest BCUT2D eigenvalue weighted by atomic mass is 10.1. The Morgan fingerprint density at radius 3 is 2.84 bits per heavy atom. The molecule has 2 nitrogen and oxygen atoms in total. The Bertz CT molecular complexity index is 545. The van der Waals surface area contributed by atoms with Crippen molar-refractivity contribution < 1.29 is 0 Å². The fraction of sp³-hybridized carbons (Fsp3) is 0.267. The van der Waals surface area contributed by atoms with Crippen LogP contribution in [0.1, 0.15) is 17.2 Å². The minimum Gasteiger partial charge on any atom is -0.312 e. The van der Waals surface area contributed by atoms with Crippen molar-refractivity contribution in [3.63, 3.8) is 0 Å². The fourth-order valence-corrected chi connectivity index (χ4v) is 3.51.